The monoisotopic (exact) mass is 283 g/mol. The molecular formula is C16H33N3O. The molecule has 1 unspecified atom stereocenters. The molecule has 0 spiro atoms. The Morgan fingerprint density at radius 2 is 1.75 bits per heavy atom. The van der Waals surface area contributed by atoms with Crippen molar-refractivity contribution in [2.75, 3.05) is 59.5 Å². The summed E-state index contributed by atoms with van der Waals surface area (Å²) < 4.78 is 5.83. The van der Waals surface area contributed by atoms with Crippen LogP contribution in [0, 0.1) is 0 Å². The lowest BCUT2D eigenvalue weighted by Crippen LogP contribution is -2.54. The molecule has 4 heteroatoms. The smallest absolute Gasteiger partial charge is 0.0600 e. The number of hydrogen-bond donors (Lipinski definition) is 0. The van der Waals surface area contributed by atoms with Gasteiger partial charge in [-0.1, -0.05) is 0 Å². The lowest BCUT2D eigenvalue weighted by molar-refractivity contribution is -0.0212. The minimum absolute atomic E-state index is 0.00545. The van der Waals surface area contributed by atoms with Gasteiger partial charge >= 0.3 is 0 Å². The van der Waals surface area contributed by atoms with E-state index in [1.807, 2.05) is 0 Å². The Hall–Kier alpha value is -0.160. The highest BCUT2D eigenvalue weighted by molar-refractivity contribution is 4.83. The summed E-state index contributed by atoms with van der Waals surface area (Å²) in [5, 5.41) is 0. The first-order valence-corrected chi connectivity index (χ1v) is 8.23. The van der Waals surface area contributed by atoms with Gasteiger partial charge in [0.25, 0.3) is 0 Å². The Labute approximate surface area is 125 Å². The molecule has 2 aliphatic heterocycles. The summed E-state index contributed by atoms with van der Waals surface area (Å²) >= 11 is 0. The minimum atomic E-state index is -0.00545. The molecule has 2 fully saturated rings. The molecule has 0 amide bonds. The fraction of sp³-hybridized carbons (Fsp3) is 1.00. The standard InChI is InChI=1S/C16H33N3O/c1-16(2,3)20-13-12-18-8-10-19(11-9-18)15-6-5-7-17(4)14-15/h15H,5-14H2,1-4H3. The molecule has 0 bridgehead atoms. The fourth-order valence-corrected chi connectivity index (χ4v) is 3.27. The number of hydrogen-bond acceptors (Lipinski definition) is 4. The summed E-state index contributed by atoms with van der Waals surface area (Å²) in [4.78, 5) is 7.74. The van der Waals surface area contributed by atoms with Gasteiger partial charge in [-0.2, -0.15) is 0 Å². The Morgan fingerprint density at radius 1 is 1.05 bits per heavy atom. The highest BCUT2D eigenvalue weighted by Crippen LogP contribution is 2.16. The fourth-order valence-electron chi connectivity index (χ4n) is 3.27. The zero-order valence-corrected chi connectivity index (χ0v) is 13.9. The van der Waals surface area contributed by atoms with Crippen LogP contribution in [0.4, 0.5) is 0 Å². The quantitative estimate of drug-likeness (QED) is 0.778. The molecule has 0 radical (unpaired) electrons. The van der Waals surface area contributed by atoms with Crippen LogP contribution in [0.5, 0.6) is 0 Å². The first-order chi connectivity index (χ1) is 9.44. The zero-order chi connectivity index (χ0) is 14.6. The van der Waals surface area contributed by atoms with Gasteiger partial charge < -0.3 is 9.64 Å². The topological polar surface area (TPSA) is 19.0 Å². The van der Waals surface area contributed by atoms with Crippen LogP contribution < -0.4 is 0 Å². The van der Waals surface area contributed by atoms with Gasteiger partial charge in [0.05, 0.1) is 12.2 Å². The summed E-state index contributed by atoms with van der Waals surface area (Å²) in [7, 11) is 2.26. The largest absolute Gasteiger partial charge is 0.375 e. The van der Waals surface area contributed by atoms with E-state index in [9.17, 15) is 0 Å². The lowest BCUT2D eigenvalue weighted by Gasteiger charge is -2.42. The summed E-state index contributed by atoms with van der Waals surface area (Å²) in [6, 6.07) is 0.793. The van der Waals surface area contributed by atoms with E-state index in [0.717, 1.165) is 19.2 Å². The van der Waals surface area contributed by atoms with E-state index < -0.39 is 0 Å². The number of piperidine rings is 1. The first kappa shape index (κ1) is 16.2. The molecule has 0 saturated carbocycles. The Bertz CT molecular complexity index is 282. The molecule has 0 aromatic heterocycles. The van der Waals surface area contributed by atoms with Crippen LogP contribution in [-0.4, -0.2) is 85.8 Å². The van der Waals surface area contributed by atoms with Gasteiger partial charge in [0, 0.05) is 45.3 Å². The highest BCUT2D eigenvalue weighted by Gasteiger charge is 2.26. The van der Waals surface area contributed by atoms with Gasteiger partial charge in [0.2, 0.25) is 0 Å². The van der Waals surface area contributed by atoms with Crippen LogP contribution in [0.15, 0.2) is 0 Å². The average molecular weight is 283 g/mol. The second kappa shape index (κ2) is 7.21. The molecule has 0 aromatic rings. The van der Waals surface area contributed by atoms with E-state index in [2.05, 4.69) is 42.5 Å². The summed E-state index contributed by atoms with van der Waals surface area (Å²) in [5.41, 5.74) is -0.00545. The van der Waals surface area contributed by atoms with Gasteiger partial charge in [0.15, 0.2) is 0 Å². The average Bonchev–Trinajstić information content (AvgIpc) is 2.38. The van der Waals surface area contributed by atoms with E-state index in [1.54, 1.807) is 0 Å². The molecule has 20 heavy (non-hydrogen) atoms. The molecule has 1 atom stereocenters. The number of piperazine rings is 1. The maximum atomic E-state index is 5.83. The van der Waals surface area contributed by atoms with E-state index in [0.29, 0.717) is 0 Å². The summed E-state index contributed by atoms with van der Waals surface area (Å²) in [6.45, 7) is 15.7. The molecule has 2 rings (SSSR count). The second-order valence-corrected chi connectivity index (χ2v) is 7.40. The number of likely N-dealkylation sites (tertiary alicyclic amines) is 1. The maximum Gasteiger partial charge on any atom is 0.0600 e. The van der Waals surface area contributed by atoms with Crippen LogP contribution in [0.2, 0.25) is 0 Å². The Balaban J connectivity index is 1.64. The maximum absolute atomic E-state index is 5.83. The third kappa shape index (κ3) is 5.32. The Morgan fingerprint density at radius 3 is 2.35 bits per heavy atom. The van der Waals surface area contributed by atoms with Gasteiger partial charge in [-0.25, -0.2) is 0 Å². The Kier molecular flexibility index (Phi) is 5.84. The third-order valence-corrected chi connectivity index (χ3v) is 4.47. The van der Waals surface area contributed by atoms with Crippen molar-refractivity contribution < 1.29 is 4.74 Å². The highest BCUT2D eigenvalue weighted by atomic mass is 16.5. The molecule has 4 nitrogen and oxygen atoms in total. The molecular weight excluding hydrogens is 250 g/mol. The zero-order valence-electron chi connectivity index (χ0n) is 13.9. The van der Waals surface area contributed by atoms with E-state index in [1.165, 1.54) is 52.1 Å². The van der Waals surface area contributed by atoms with E-state index in [4.69, 9.17) is 4.74 Å². The molecule has 0 aliphatic carbocycles. The van der Waals surface area contributed by atoms with Crippen molar-refractivity contribution in [3.05, 3.63) is 0 Å². The van der Waals surface area contributed by atoms with Crippen LogP contribution in [0.1, 0.15) is 33.6 Å². The molecule has 2 saturated heterocycles. The van der Waals surface area contributed by atoms with Crippen molar-refractivity contribution in [1.29, 1.82) is 0 Å². The van der Waals surface area contributed by atoms with Crippen LogP contribution in [0.3, 0.4) is 0 Å². The number of rotatable bonds is 4. The third-order valence-electron chi connectivity index (χ3n) is 4.47. The predicted molar refractivity (Wildman–Crippen MR) is 84.2 cm³/mol. The number of likely N-dealkylation sites (N-methyl/N-ethyl adjacent to an activating group) is 1. The van der Waals surface area contributed by atoms with Gasteiger partial charge in [-0.05, 0) is 47.2 Å². The van der Waals surface area contributed by atoms with Crippen molar-refractivity contribution in [3.63, 3.8) is 0 Å². The molecule has 0 N–H and O–H groups in total. The number of ether oxygens (including phenoxy) is 1. The number of nitrogens with zero attached hydrogens (tertiary/aromatic N) is 3. The summed E-state index contributed by atoms with van der Waals surface area (Å²) in [6.07, 6.45) is 2.75. The summed E-state index contributed by atoms with van der Waals surface area (Å²) in [5.74, 6) is 0. The van der Waals surface area contributed by atoms with Crippen LogP contribution >= 0.6 is 0 Å². The minimum Gasteiger partial charge on any atom is -0.375 e. The van der Waals surface area contributed by atoms with E-state index >= 15 is 0 Å². The first-order valence-electron chi connectivity index (χ1n) is 8.23. The second-order valence-electron chi connectivity index (χ2n) is 7.40. The lowest BCUT2D eigenvalue weighted by atomic mass is 10.0. The molecule has 0 aromatic carbocycles. The van der Waals surface area contributed by atoms with Crippen LogP contribution in [0.25, 0.3) is 0 Å². The van der Waals surface area contributed by atoms with Crippen molar-refractivity contribution >= 4 is 0 Å². The molecule has 118 valence electrons. The van der Waals surface area contributed by atoms with Crippen molar-refractivity contribution in [2.45, 2.75) is 45.3 Å². The van der Waals surface area contributed by atoms with Crippen molar-refractivity contribution in [1.82, 2.24) is 14.7 Å². The van der Waals surface area contributed by atoms with Crippen molar-refractivity contribution in [3.8, 4) is 0 Å². The SMILES string of the molecule is CN1CCCC(N2CCN(CCOC(C)(C)C)CC2)C1. The van der Waals surface area contributed by atoms with E-state index in [-0.39, 0.29) is 5.60 Å². The van der Waals surface area contributed by atoms with Gasteiger partial charge in [-0.15, -0.1) is 0 Å². The van der Waals surface area contributed by atoms with Gasteiger partial charge in [0.1, 0.15) is 0 Å². The van der Waals surface area contributed by atoms with Gasteiger partial charge in [-0.3, -0.25) is 9.80 Å². The van der Waals surface area contributed by atoms with Crippen molar-refractivity contribution in [2.24, 2.45) is 0 Å². The van der Waals surface area contributed by atoms with Crippen LogP contribution in [-0.2, 0) is 4.74 Å². The molecule has 2 aliphatic rings. The predicted octanol–water partition coefficient (Wildman–Crippen LogP) is 1.51. The normalized spacial score (nSPS) is 27.9. The molecule has 2 heterocycles.